The number of rotatable bonds is 5. The number of nitrogens with one attached hydrogen (secondary N) is 1. The molecule has 30 heavy (non-hydrogen) atoms. The van der Waals surface area contributed by atoms with Crippen molar-refractivity contribution in [1.82, 2.24) is 4.98 Å². The van der Waals surface area contributed by atoms with E-state index in [2.05, 4.69) is 4.98 Å². The zero-order valence-electron chi connectivity index (χ0n) is 16.7. The topological polar surface area (TPSA) is 78.7 Å². The molecule has 0 radical (unpaired) electrons. The molecule has 0 atom stereocenters. The summed E-state index contributed by atoms with van der Waals surface area (Å²) in [6.45, 7) is 1.77. The van der Waals surface area contributed by atoms with Gasteiger partial charge in [0.2, 0.25) is 0 Å². The molecule has 2 aromatic carbocycles. The highest BCUT2D eigenvalue weighted by atomic mass is 32.1. The Morgan fingerprint density at radius 1 is 1.17 bits per heavy atom. The molecule has 4 rings (SSSR count). The maximum atomic E-state index is 14.0. The van der Waals surface area contributed by atoms with Crippen molar-refractivity contribution in [2.24, 2.45) is 0 Å². The normalized spacial score (nSPS) is 13.9. The predicted molar refractivity (Wildman–Crippen MR) is 116 cm³/mol. The second-order valence-corrected chi connectivity index (χ2v) is 7.65. The van der Waals surface area contributed by atoms with E-state index < -0.39 is 0 Å². The highest BCUT2D eigenvalue weighted by Gasteiger charge is 2.31. The fraction of sp³-hybridized carbons (Fsp3) is 0.182. The summed E-state index contributed by atoms with van der Waals surface area (Å²) in [5.74, 6) is 1.07. The van der Waals surface area contributed by atoms with Crippen molar-refractivity contribution in [3.05, 3.63) is 63.9 Å². The average molecular weight is 425 g/mol. The number of aliphatic hydroxyl groups is 1. The molecule has 0 amide bonds. The van der Waals surface area contributed by atoms with Gasteiger partial charge in [0, 0.05) is 16.6 Å². The Morgan fingerprint density at radius 3 is 2.67 bits per heavy atom. The summed E-state index contributed by atoms with van der Waals surface area (Å²) < 4.78 is 24.7. The van der Waals surface area contributed by atoms with E-state index in [4.69, 9.17) is 14.9 Å². The highest BCUT2D eigenvalue weighted by Crippen LogP contribution is 2.38. The maximum Gasteiger partial charge on any atom is 0.139 e. The number of nitrogens with zero attached hydrogens (tertiary/aromatic N) is 2. The van der Waals surface area contributed by atoms with Crippen molar-refractivity contribution in [3.63, 3.8) is 0 Å². The number of aromatic nitrogens is 1. The Labute approximate surface area is 177 Å². The van der Waals surface area contributed by atoms with Crippen LogP contribution in [0.4, 0.5) is 10.1 Å². The molecule has 1 aliphatic rings. The van der Waals surface area contributed by atoms with E-state index in [0.717, 1.165) is 5.56 Å². The molecule has 2 N–H and O–H groups in total. The zero-order valence-corrected chi connectivity index (χ0v) is 17.5. The monoisotopic (exact) mass is 425 g/mol. The number of ether oxygens (including phenoxy) is 2. The Morgan fingerprint density at radius 2 is 1.97 bits per heavy atom. The molecule has 1 aromatic heterocycles. The molecule has 3 aromatic rings. The number of thiazole rings is 1. The summed E-state index contributed by atoms with van der Waals surface area (Å²) in [6.07, 6.45) is 0. The lowest BCUT2D eigenvalue weighted by Crippen LogP contribution is -2.26. The van der Waals surface area contributed by atoms with Crippen LogP contribution in [-0.4, -0.2) is 36.7 Å². The molecule has 0 saturated carbocycles. The summed E-state index contributed by atoms with van der Waals surface area (Å²) in [4.78, 5) is 6.19. The minimum atomic E-state index is -0.352. The van der Waals surface area contributed by atoms with Crippen LogP contribution >= 0.6 is 11.3 Å². The standard InChI is InChI=1S/C22H20FN3O3S/c1-12-4-5-13(8-16(12)23)26-10-18(27)20(21(26)24)22-25-17(11-30-22)15-9-14(28-2)6-7-19(15)29-3/h4-9,11,24,27H,10H2,1-3H3. The lowest BCUT2D eigenvalue weighted by molar-refractivity contribution is 0.404. The second kappa shape index (κ2) is 7.79. The van der Waals surface area contributed by atoms with Crippen LogP contribution in [0.15, 0.2) is 47.5 Å². The van der Waals surface area contributed by atoms with Crippen LogP contribution < -0.4 is 14.4 Å². The van der Waals surface area contributed by atoms with E-state index >= 15 is 0 Å². The first-order valence-corrected chi connectivity index (χ1v) is 10.0. The molecule has 0 saturated heterocycles. The quantitative estimate of drug-likeness (QED) is 0.599. The Bertz CT molecular complexity index is 1170. The third kappa shape index (κ3) is 3.39. The number of aryl methyl sites for hydroxylation is 1. The summed E-state index contributed by atoms with van der Waals surface area (Å²) in [6, 6.07) is 10.2. The summed E-state index contributed by atoms with van der Waals surface area (Å²) >= 11 is 1.32. The van der Waals surface area contributed by atoms with Gasteiger partial charge in [0.05, 0.1) is 32.0 Å². The Hall–Kier alpha value is -3.39. The van der Waals surface area contributed by atoms with Gasteiger partial charge in [-0.3, -0.25) is 5.41 Å². The number of anilines is 1. The molecular formula is C22H20FN3O3S. The van der Waals surface area contributed by atoms with Gasteiger partial charge in [0.15, 0.2) is 0 Å². The van der Waals surface area contributed by atoms with Crippen molar-refractivity contribution in [1.29, 1.82) is 5.41 Å². The lowest BCUT2D eigenvalue weighted by Gasteiger charge is -2.19. The van der Waals surface area contributed by atoms with E-state index in [-0.39, 0.29) is 24.0 Å². The number of aliphatic hydroxyl groups excluding tert-OH is 1. The minimum absolute atomic E-state index is 0.0273. The number of halogens is 1. The number of methoxy groups -OCH3 is 2. The molecule has 6 nitrogen and oxygen atoms in total. The van der Waals surface area contributed by atoms with Crippen LogP contribution in [-0.2, 0) is 0 Å². The van der Waals surface area contributed by atoms with Gasteiger partial charge in [-0.05, 0) is 42.8 Å². The van der Waals surface area contributed by atoms with E-state index in [1.165, 1.54) is 17.4 Å². The molecule has 0 bridgehead atoms. The molecule has 2 heterocycles. The van der Waals surface area contributed by atoms with E-state index in [9.17, 15) is 9.50 Å². The van der Waals surface area contributed by atoms with Crippen LogP contribution in [0.2, 0.25) is 0 Å². The summed E-state index contributed by atoms with van der Waals surface area (Å²) in [7, 11) is 3.17. The first kappa shape index (κ1) is 19.9. The van der Waals surface area contributed by atoms with Crippen LogP contribution in [0.5, 0.6) is 11.5 Å². The number of amidine groups is 1. The van der Waals surface area contributed by atoms with E-state index in [1.807, 2.05) is 11.4 Å². The van der Waals surface area contributed by atoms with Gasteiger partial charge < -0.3 is 19.5 Å². The van der Waals surface area contributed by atoms with E-state index in [1.54, 1.807) is 50.3 Å². The smallest absolute Gasteiger partial charge is 0.139 e. The van der Waals surface area contributed by atoms with Crippen molar-refractivity contribution < 1.29 is 19.0 Å². The van der Waals surface area contributed by atoms with Gasteiger partial charge in [-0.25, -0.2) is 9.37 Å². The van der Waals surface area contributed by atoms with Gasteiger partial charge >= 0.3 is 0 Å². The third-order valence-corrected chi connectivity index (χ3v) is 5.83. The SMILES string of the molecule is COc1ccc(OC)c(-c2csc(C3=C(O)CN(c4ccc(C)c(F)c4)C3=N)n2)c1. The first-order valence-electron chi connectivity index (χ1n) is 9.16. The maximum absolute atomic E-state index is 14.0. The second-order valence-electron chi connectivity index (χ2n) is 6.79. The molecule has 154 valence electrons. The number of benzene rings is 2. The Balaban J connectivity index is 1.67. The van der Waals surface area contributed by atoms with E-state index in [0.29, 0.717) is 39.0 Å². The highest BCUT2D eigenvalue weighted by molar-refractivity contribution is 7.11. The van der Waals surface area contributed by atoms with Gasteiger partial charge in [-0.1, -0.05) is 6.07 Å². The lowest BCUT2D eigenvalue weighted by atomic mass is 10.1. The Kier molecular flexibility index (Phi) is 5.17. The van der Waals surface area contributed by atoms with Crippen LogP contribution in [0.25, 0.3) is 16.8 Å². The minimum Gasteiger partial charge on any atom is -0.510 e. The van der Waals surface area contributed by atoms with Crippen LogP contribution in [0, 0.1) is 18.2 Å². The predicted octanol–water partition coefficient (Wildman–Crippen LogP) is 5.04. The molecule has 0 aliphatic carbocycles. The van der Waals surface area contributed by atoms with Crippen LogP contribution in [0.3, 0.4) is 0 Å². The fourth-order valence-corrected chi connectivity index (χ4v) is 4.19. The van der Waals surface area contributed by atoms with Gasteiger partial charge in [-0.15, -0.1) is 11.3 Å². The van der Waals surface area contributed by atoms with Gasteiger partial charge in [-0.2, -0.15) is 0 Å². The average Bonchev–Trinajstić information content (AvgIpc) is 3.33. The van der Waals surface area contributed by atoms with Crippen molar-refractivity contribution in [3.8, 4) is 22.8 Å². The molecule has 8 heteroatoms. The fourth-order valence-electron chi connectivity index (χ4n) is 3.30. The number of hydrogen-bond acceptors (Lipinski definition) is 6. The largest absolute Gasteiger partial charge is 0.510 e. The molecular weight excluding hydrogens is 405 g/mol. The summed E-state index contributed by atoms with van der Waals surface area (Å²) in [5.41, 5.74) is 2.78. The third-order valence-electron chi connectivity index (χ3n) is 4.97. The van der Waals surface area contributed by atoms with Gasteiger partial charge in [0.25, 0.3) is 0 Å². The number of hydrogen-bond donors (Lipinski definition) is 2. The first-order chi connectivity index (χ1) is 14.4. The summed E-state index contributed by atoms with van der Waals surface area (Å²) in [5, 5.41) is 21.5. The van der Waals surface area contributed by atoms with Crippen molar-refractivity contribution >= 4 is 28.4 Å². The molecule has 0 fully saturated rings. The van der Waals surface area contributed by atoms with Crippen molar-refractivity contribution in [2.75, 3.05) is 25.7 Å². The molecule has 1 aliphatic heterocycles. The van der Waals surface area contributed by atoms with Gasteiger partial charge in [0.1, 0.15) is 33.9 Å². The van der Waals surface area contributed by atoms with Crippen molar-refractivity contribution in [2.45, 2.75) is 6.92 Å². The zero-order chi connectivity index (χ0) is 21.4. The van der Waals surface area contributed by atoms with Crippen LogP contribution in [0.1, 0.15) is 10.6 Å². The molecule has 0 unspecified atom stereocenters. The molecule has 0 spiro atoms.